The lowest BCUT2D eigenvalue weighted by Crippen LogP contribution is -2.10. The zero-order valence-corrected chi connectivity index (χ0v) is 14.3. The summed E-state index contributed by atoms with van der Waals surface area (Å²) in [6.45, 7) is 1.76. The van der Waals surface area contributed by atoms with Crippen molar-refractivity contribution < 1.29 is 9.31 Å². The number of benzene rings is 2. The van der Waals surface area contributed by atoms with Gasteiger partial charge in [-0.2, -0.15) is 4.39 Å². The van der Waals surface area contributed by atoms with Crippen LogP contribution in [-0.2, 0) is 0 Å². The van der Waals surface area contributed by atoms with Gasteiger partial charge in [-0.1, -0.05) is 45.2 Å². The number of hydrogen-bond donors (Lipinski definition) is 1. The fraction of sp³-hybridized carbons (Fsp3) is 0.143. The van der Waals surface area contributed by atoms with Gasteiger partial charge in [0.15, 0.2) is 0 Å². The van der Waals surface area contributed by atoms with Crippen LogP contribution in [0.5, 0.6) is 0 Å². The summed E-state index contributed by atoms with van der Waals surface area (Å²) in [6.07, 6.45) is 0. The van der Waals surface area contributed by atoms with E-state index in [9.17, 15) is 14.5 Å². The highest BCUT2D eigenvalue weighted by Gasteiger charge is 2.23. The molecule has 0 radical (unpaired) electrons. The van der Waals surface area contributed by atoms with Gasteiger partial charge in [-0.25, -0.2) is 0 Å². The summed E-state index contributed by atoms with van der Waals surface area (Å²) in [6, 6.07) is 7.06. The lowest BCUT2D eigenvalue weighted by molar-refractivity contribution is -0.386. The van der Waals surface area contributed by atoms with Crippen LogP contribution in [0.3, 0.4) is 0 Å². The normalized spacial score (nSPS) is 12.0. The Kier molecular flexibility index (Phi) is 5.26. The Labute approximate surface area is 144 Å². The predicted molar refractivity (Wildman–Crippen MR) is 89.3 cm³/mol. The molecule has 2 aromatic carbocycles. The second kappa shape index (κ2) is 6.81. The van der Waals surface area contributed by atoms with Crippen molar-refractivity contribution in [1.29, 1.82) is 0 Å². The largest absolute Gasteiger partial charge is 0.373 e. The number of nitrogens with zero attached hydrogens (tertiary/aromatic N) is 1. The molecule has 0 aliphatic rings. The van der Waals surface area contributed by atoms with Crippen molar-refractivity contribution in [3.8, 4) is 0 Å². The predicted octanol–water partition coefficient (Wildman–Crippen LogP) is 5.98. The van der Waals surface area contributed by atoms with Crippen molar-refractivity contribution in [3.05, 3.63) is 66.3 Å². The van der Waals surface area contributed by atoms with Gasteiger partial charge in [-0.05, 0) is 36.8 Å². The summed E-state index contributed by atoms with van der Waals surface area (Å²) in [7, 11) is 0. The van der Waals surface area contributed by atoms with Gasteiger partial charge in [-0.3, -0.25) is 10.1 Å². The summed E-state index contributed by atoms with van der Waals surface area (Å²) >= 11 is 15.1. The Morgan fingerprint density at radius 1 is 1.32 bits per heavy atom. The molecule has 0 aromatic heterocycles. The summed E-state index contributed by atoms with van der Waals surface area (Å²) in [5.74, 6) is -0.920. The minimum absolute atomic E-state index is 0.0652. The van der Waals surface area contributed by atoms with Crippen LogP contribution in [0.4, 0.5) is 15.8 Å². The number of nitrogens with one attached hydrogen (secondary N) is 1. The molecular formula is C14H10BrCl2FN2O2. The fourth-order valence-electron chi connectivity index (χ4n) is 2.03. The quantitative estimate of drug-likeness (QED) is 0.501. The van der Waals surface area contributed by atoms with Gasteiger partial charge < -0.3 is 5.32 Å². The molecular weight excluding hydrogens is 398 g/mol. The standard InChI is InChI=1S/C14H10BrCl2FN2O2/c1-7(10-3-2-9(16)6-11(10)17)19-13-5-8(15)4-12(18)14(13)20(21)22/h2-7,19H,1H3/t7-/m1/s1. The first-order valence-corrected chi connectivity index (χ1v) is 7.69. The summed E-state index contributed by atoms with van der Waals surface area (Å²) < 4.78 is 14.2. The van der Waals surface area contributed by atoms with E-state index in [2.05, 4.69) is 21.2 Å². The molecule has 0 saturated heterocycles. The molecule has 0 aliphatic carbocycles. The zero-order chi connectivity index (χ0) is 16.4. The van der Waals surface area contributed by atoms with Gasteiger partial charge >= 0.3 is 5.69 Å². The molecule has 0 fully saturated rings. The number of rotatable bonds is 4. The maximum atomic E-state index is 13.8. The van der Waals surface area contributed by atoms with Crippen molar-refractivity contribution in [1.82, 2.24) is 0 Å². The van der Waals surface area contributed by atoms with E-state index >= 15 is 0 Å². The molecule has 22 heavy (non-hydrogen) atoms. The van der Waals surface area contributed by atoms with E-state index in [1.165, 1.54) is 6.07 Å². The Morgan fingerprint density at radius 3 is 2.59 bits per heavy atom. The van der Waals surface area contributed by atoms with Crippen molar-refractivity contribution in [2.45, 2.75) is 13.0 Å². The Morgan fingerprint density at radius 2 is 2.00 bits per heavy atom. The lowest BCUT2D eigenvalue weighted by atomic mass is 10.1. The van der Waals surface area contributed by atoms with Gasteiger partial charge in [-0.15, -0.1) is 0 Å². The van der Waals surface area contributed by atoms with Crippen LogP contribution in [0.15, 0.2) is 34.8 Å². The van der Waals surface area contributed by atoms with Gasteiger partial charge in [0.1, 0.15) is 5.69 Å². The Hall–Kier alpha value is -1.37. The van der Waals surface area contributed by atoms with Gasteiger partial charge in [0.2, 0.25) is 5.82 Å². The number of halogens is 4. The summed E-state index contributed by atoms with van der Waals surface area (Å²) in [5.41, 5.74) is 0.149. The van der Waals surface area contributed by atoms with Crippen molar-refractivity contribution >= 4 is 50.5 Å². The van der Waals surface area contributed by atoms with E-state index in [0.717, 1.165) is 6.07 Å². The average molecular weight is 408 g/mol. The first kappa shape index (κ1) is 17.0. The van der Waals surface area contributed by atoms with Gasteiger partial charge in [0.25, 0.3) is 0 Å². The summed E-state index contributed by atoms with van der Waals surface area (Å²) in [4.78, 5) is 10.3. The molecule has 0 amide bonds. The average Bonchev–Trinajstić information content (AvgIpc) is 2.36. The maximum Gasteiger partial charge on any atom is 0.327 e. The van der Waals surface area contributed by atoms with Crippen LogP contribution >= 0.6 is 39.1 Å². The smallest absolute Gasteiger partial charge is 0.327 e. The van der Waals surface area contributed by atoms with Crippen LogP contribution in [0.25, 0.3) is 0 Å². The minimum atomic E-state index is -0.920. The molecule has 4 nitrogen and oxygen atoms in total. The second-order valence-electron chi connectivity index (χ2n) is 4.57. The first-order chi connectivity index (χ1) is 10.3. The van der Waals surface area contributed by atoms with Crippen LogP contribution < -0.4 is 5.32 Å². The number of anilines is 1. The van der Waals surface area contributed by atoms with Gasteiger partial charge in [0.05, 0.1) is 11.0 Å². The molecule has 2 rings (SSSR count). The molecule has 8 heteroatoms. The summed E-state index contributed by atoms with van der Waals surface area (Å²) in [5, 5.41) is 14.9. The Balaban J connectivity index is 2.39. The molecule has 2 aromatic rings. The Bertz CT molecular complexity index is 743. The molecule has 0 heterocycles. The third-order valence-corrected chi connectivity index (χ3v) is 4.03. The minimum Gasteiger partial charge on any atom is -0.373 e. The molecule has 1 atom stereocenters. The van der Waals surface area contributed by atoms with Crippen LogP contribution in [0.1, 0.15) is 18.5 Å². The van der Waals surface area contributed by atoms with Gasteiger partial charge in [0, 0.05) is 14.5 Å². The fourth-order valence-corrected chi connectivity index (χ4v) is 3.03. The van der Waals surface area contributed by atoms with E-state index in [1.54, 1.807) is 25.1 Å². The first-order valence-electron chi connectivity index (χ1n) is 6.14. The maximum absolute atomic E-state index is 13.8. The van der Waals surface area contributed by atoms with Crippen molar-refractivity contribution in [3.63, 3.8) is 0 Å². The number of nitro groups is 1. The van der Waals surface area contributed by atoms with E-state index in [-0.39, 0.29) is 11.7 Å². The van der Waals surface area contributed by atoms with Crippen molar-refractivity contribution in [2.75, 3.05) is 5.32 Å². The molecule has 1 N–H and O–H groups in total. The topological polar surface area (TPSA) is 55.2 Å². The highest BCUT2D eigenvalue weighted by Crippen LogP contribution is 2.35. The van der Waals surface area contributed by atoms with E-state index in [0.29, 0.717) is 20.1 Å². The molecule has 0 bridgehead atoms. The lowest BCUT2D eigenvalue weighted by Gasteiger charge is -2.17. The number of nitro benzene ring substituents is 1. The molecule has 0 aliphatic heterocycles. The molecule has 0 unspecified atom stereocenters. The van der Waals surface area contributed by atoms with Crippen molar-refractivity contribution in [2.24, 2.45) is 0 Å². The monoisotopic (exact) mass is 406 g/mol. The second-order valence-corrected chi connectivity index (χ2v) is 6.33. The highest BCUT2D eigenvalue weighted by atomic mass is 79.9. The molecule has 0 spiro atoms. The zero-order valence-electron chi connectivity index (χ0n) is 11.2. The van der Waals surface area contributed by atoms with E-state index in [4.69, 9.17) is 23.2 Å². The van der Waals surface area contributed by atoms with Crippen LogP contribution in [0, 0.1) is 15.9 Å². The van der Waals surface area contributed by atoms with Crippen LogP contribution in [-0.4, -0.2) is 4.92 Å². The molecule has 0 saturated carbocycles. The van der Waals surface area contributed by atoms with Crippen LogP contribution in [0.2, 0.25) is 10.0 Å². The third kappa shape index (κ3) is 3.69. The van der Waals surface area contributed by atoms with E-state index < -0.39 is 16.4 Å². The molecule has 116 valence electrons. The number of hydrogen-bond acceptors (Lipinski definition) is 3. The third-order valence-electron chi connectivity index (χ3n) is 3.01. The SMILES string of the molecule is C[C@@H](Nc1cc(Br)cc(F)c1[N+](=O)[O-])c1ccc(Cl)cc1Cl. The highest BCUT2D eigenvalue weighted by molar-refractivity contribution is 9.10. The van der Waals surface area contributed by atoms with E-state index in [1.807, 2.05) is 0 Å².